The average molecular weight is 302 g/mol. The van der Waals surface area contributed by atoms with Gasteiger partial charge < -0.3 is 15.4 Å². The molecule has 0 aliphatic carbocycles. The zero-order valence-electron chi connectivity index (χ0n) is 13.0. The molecule has 0 saturated carbocycles. The van der Waals surface area contributed by atoms with Gasteiger partial charge in [-0.1, -0.05) is 19.9 Å². The largest absolute Gasteiger partial charge is 0.444 e. The highest BCUT2D eigenvalue weighted by atomic mass is 16.6. The Bertz CT molecular complexity index is 571. The number of hydrogen-bond acceptors (Lipinski definition) is 5. The summed E-state index contributed by atoms with van der Waals surface area (Å²) < 4.78 is 5.47. The summed E-state index contributed by atoms with van der Waals surface area (Å²) in [6, 6.07) is 3.78. The molecule has 2 aliphatic rings. The van der Waals surface area contributed by atoms with Gasteiger partial charge in [0.1, 0.15) is 6.61 Å². The molecule has 22 heavy (non-hydrogen) atoms. The van der Waals surface area contributed by atoms with Gasteiger partial charge in [-0.3, -0.25) is 9.88 Å². The Hall–Kier alpha value is -2.24. The monoisotopic (exact) mass is 302 g/mol. The Kier molecular flexibility index (Phi) is 4.18. The third-order valence-corrected chi connectivity index (χ3v) is 4.09. The second-order valence-electron chi connectivity index (χ2n) is 5.97. The summed E-state index contributed by atoms with van der Waals surface area (Å²) in [6.07, 6.45) is 4.00. The highest BCUT2D eigenvalue weighted by Gasteiger charge is 2.37. The first-order chi connectivity index (χ1) is 10.7. The summed E-state index contributed by atoms with van der Waals surface area (Å²) >= 11 is 0. The Balaban J connectivity index is 1.69. The first-order valence-corrected chi connectivity index (χ1v) is 7.70. The maximum atomic E-state index is 12.5. The summed E-state index contributed by atoms with van der Waals surface area (Å²) in [7, 11) is 0. The molecule has 6 heteroatoms. The molecule has 3 heterocycles. The molecule has 0 spiro atoms. The van der Waals surface area contributed by atoms with Gasteiger partial charge in [-0.15, -0.1) is 0 Å². The van der Waals surface area contributed by atoms with Gasteiger partial charge in [-0.2, -0.15) is 0 Å². The smallest absolute Gasteiger partial charge is 0.410 e. The van der Waals surface area contributed by atoms with E-state index in [1.54, 1.807) is 12.4 Å². The molecule has 1 atom stereocenters. The third kappa shape index (κ3) is 2.86. The SMILES string of the molecule is CC(C)C1C2=C(CCN1C(=O)OCc1cccnc1)NCN2. The minimum Gasteiger partial charge on any atom is -0.444 e. The topological polar surface area (TPSA) is 66.5 Å². The van der Waals surface area contributed by atoms with Gasteiger partial charge in [-0.05, 0) is 12.0 Å². The van der Waals surface area contributed by atoms with E-state index in [9.17, 15) is 4.79 Å². The van der Waals surface area contributed by atoms with Gasteiger partial charge in [0.05, 0.1) is 18.4 Å². The van der Waals surface area contributed by atoms with Crippen LogP contribution in [-0.2, 0) is 11.3 Å². The van der Waals surface area contributed by atoms with Gasteiger partial charge >= 0.3 is 6.09 Å². The van der Waals surface area contributed by atoms with Crippen LogP contribution in [0.5, 0.6) is 0 Å². The molecule has 1 aromatic heterocycles. The zero-order chi connectivity index (χ0) is 15.5. The molecular weight excluding hydrogens is 280 g/mol. The lowest BCUT2D eigenvalue weighted by Crippen LogP contribution is -2.49. The summed E-state index contributed by atoms with van der Waals surface area (Å²) in [6.45, 7) is 5.93. The Morgan fingerprint density at radius 2 is 2.36 bits per heavy atom. The summed E-state index contributed by atoms with van der Waals surface area (Å²) in [5, 5.41) is 6.70. The molecule has 118 valence electrons. The van der Waals surface area contributed by atoms with Gasteiger partial charge in [0.15, 0.2) is 0 Å². The van der Waals surface area contributed by atoms with Crippen molar-refractivity contribution in [1.82, 2.24) is 20.5 Å². The van der Waals surface area contributed by atoms with E-state index in [-0.39, 0.29) is 18.7 Å². The van der Waals surface area contributed by atoms with E-state index in [0.717, 1.165) is 24.4 Å². The van der Waals surface area contributed by atoms with Crippen molar-refractivity contribution in [3.05, 3.63) is 41.5 Å². The minimum absolute atomic E-state index is 0.0418. The number of nitrogens with one attached hydrogen (secondary N) is 2. The van der Waals surface area contributed by atoms with Crippen molar-refractivity contribution in [3.63, 3.8) is 0 Å². The molecule has 2 N–H and O–H groups in total. The Morgan fingerprint density at radius 3 is 3.09 bits per heavy atom. The average Bonchev–Trinajstić information content (AvgIpc) is 3.00. The molecule has 6 nitrogen and oxygen atoms in total. The maximum Gasteiger partial charge on any atom is 0.410 e. The zero-order valence-corrected chi connectivity index (χ0v) is 13.0. The molecule has 1 aromatic rings. The van der Waals surface area contributed by atoms with Crippen LogP contribution in [0.3, 0.4) is 0 Å². The molecular formula is C16H22N4O2. The minimum atomic E-state index is -0.261. The number of pyridine rings is 1. The van der Waals surface area contributed by atoms with Crippen LogP contribution >= 0.6 is 0 Å². The third-order valence-electron chi connectivity index (χ3n) is 4.09. The number of aromatic nitrogens is 1. The standard InChI is InChI=1S/C16H22N4O2/c1-11(2)15-14-13(18-10-19-14)5-7-20(15)16(21)22-9-12-4-3-6-17-8-12/h3-4,6,8,11,15,18-19H,5,7,9-10H2,1-2H3. The van der Waals surface area contributed by atoms with Crippen LogP contribution in [0.1, 0.15) is 25.8 Å². The van der Waals surface area contributed by atoms with E-state index >= 15 is 0 Å². The molecule has 3 rings (SSSR count). The van der Waals surface area contributed by atoms with Crippen molar-refractivity contribution in [2.45, 2.75) is 32.9 Å². The van der Waals surface area contributed by atoms with Gasteiger partial charge in [0, 0.05) is 36.6 Å². The highest BCUT2D eigenvalue weighted by molar-refractivity contribution is 5.69. The fourth-order valence-corrected chi connectivity index (χ4v) is 3.09. The number of nitrogens with zero attached hydrogens (tertiary/aromatic N) is 2. The molecule has 2 aliphatic heterocycles. The van der Waals surface area contributed by atoms with Crippen molar-refractivity contribution in [3.8, 4) is 0 Å². The second kappa shape index (κ2) is 6.25. The fourth-order valence-electron chi connectivity index (χ4n) is 3.09. The predicted molar refractivity (Wildman–Crippen MR) is 82.5 cm³/mol. The molecule has 0 saturated heterocycles. The molecule has 1 unspecified atom stereocenters. The number of hydrogen-bond donors (Lipinski definition) is 2. The lowest BCUT2D eigenvalue weighted by atomic mass is 9.94. The summed E-state index contributed by atoms with van der Waals surface area (Å²) in [5.74, 6) is 0.323. The molecule has 0 bridgehead atoms. The van der Waals surface area contributed by atoms with Gasteiger partial charge in [0.2, 0.25) is 0 Å². The highest BCUT2D eigenvalue weighted by Crippen LogP contribution is 2.28. The second-order valence-corrected chi connectivity index (χ2v) is 5.97. The quantitative estimate of drug-likeness (QED) is 0.891. The van der Waals surface area contributed by atoms with E-state index in [2.05, 4.69) is 29.5 Å². The number of amides is 1. The van der Waals surface area contributed by atoms with E-state index in [4.69, 9.17) is 4.74 Å². The van der Waals surface area contributed by atoms with Gasteiger partial charge in [0.25, 0.3) is 0 Å². The van der Waals surface area contributed by atoms with Crippen LogP contribution < -0.4 is 10.6 Å². The maximum absolute atomic E-state index is 12.5. The van der Waals surface area contributed by atoms with Crippen LogP contribution in [0.25, 0.3) is 0 Å². The van der Waals surface area contributed by atoms with Crippen LogP contribution in [0.4, 0.5) is 4.79 Å². The van der Waals surface area contributed by atoms with Crippen molar-refractivity contribution in [2.24, 2.45) is 5.92 Å². The molecule has 0 radical (unpaired) electrons. The van der Waals surface area contributed by atoms with Crippen molar-refractivity contribution < 1.29 is 9.53 Å². The number of ether oxygens (including phenoxy) is 1. The lowest BCUT2D eigenvalue weighted by Gasteiger charge is -2.38. The first kappa shape index (κ1) is 14.7. The van der Waals surface area contributed by atoms with E-state index in [1.165, 1.54) is 5.70 Å². The lowest BCUT2D eigenvalue weighted by molar-refractivity contribution is 0.0738. The number of carbonyl (C=O) groups is 1. The van der Waals surface area contributed by atoms with Crippen molar-refractivity contribution in [1.29, 1.82) is 0 Å². The van der Waals surface area contributed by atoms with E-state index in [0.29, 0.717) is 12.5 Å². The number of carbonyl (C=O) groups excluding carboxylic acids is 1. The first-order valence-electron chi connectivity index (χ1n) is 7.70. The van der Waals surface area contributed by atoms with Crippen molar-refractivity contribution in [2.75, 3.05) is 13.2 Å². The molecule has 1 amide bonds. The summed E-state index contributed by atoms with van der Waals surface area (Å²) in [4.78, 5) is 18.4. The molecule has 0 aromatic carbocycles. The van der Waals surface area contributed by atoms with Crippen LogP contribution in [0, 0.1) is 5.92 Å². The Labute approximate surface area is 130 Å². The van der Waals surface area contributed by atoms with E-state index < -0.39 is 0 Å². The van der Waals surface area contributed by atoms with Crippen LogP contribution in [0.15, 0.2) is 35.9 Å². The van der Waals surface area contributed by atoms with Crippen molar-refractivity contribution >= 4 is 6.09 Å². The predicted octanol–water partition coefficient (Wildman–Crippen LogP) is 1.81. The van der Waals surface area contributed by atoms with Crippen LogP contribution in [0.2, 0.25) is 0 Å². The normalized spacial score (nSPS) is 20.5. The van der Waals surface area contributed by atoms with Crippen LogP contribution in [-0.4, -0.2) is 35.2 Å². The van der Waals surface area contributed by atoms with E-state index in [1.807, 2.05) is 17.0 Å². The molecule has 0 fully saturated rings. The fraction of sp³-hybridized carbons (Fsp3) is 0.500. The summed E-state index contributed by atoms with van der Waals surface area (Å²) in [5.41, 5.74) is 3.27. The number of rotatable bonds is 3. The Morgan fingerprint density at radius 1 is 1.50 bits per heavy atom. The van der Waals surface area contributed by atoms with Gasteiger partial charge in [-0.25, -0.2) is 4.79 Å².